The third-order valence-electron chi connectivity index (χ3n) is 6.11. The Bertz CT molecular complexity index is 1140. The molecule has 3 N–H and O–H groups in total. The van der Waals surface area contributed by atoms with Crippen LogP contribution in [-0.4, -0.2) is 16.6 Å². The second-order valence-electron chi connectivity index (χ2n) is 10.4. The number of amides is 2. The van der Waals surface area contributed by atoms with Gasteiger partial charge in [0.05, 0.1) is 28.0 Å². The van der Waals surface area contributed by atoms with Crippen molar-refractivity contribution in [1.29, 1.82) is 0 Å². The maximum atomic E-state index is 12.7. The number of benzene rings is 2. The van der Waals surface area contributed by atoms with Gasteiger partial charge in [-0.15, -0.1) is 11.3 Å². The van der Waals surface area contributed by atoms with E-state index in [9.17, 15) is 4.79 Å². The Morgan fingerprint density at radius 3 is 2.58 bits per heavy atom. The number of thiazole rings is 1. The summed E-state index contributed by atoms with van der Waals surface area (Å²) in [5.74, 6) is 0.573. The van der Waals surface area contributed by atoms with E-state index in [4.69, 9.17) is 9.27 Å². The van der Waals surface area contributed by atoms with Gasteiger partial charge in [-0.25, -0.2) is 14.1 Å². The number of carbonyl (C=O) groups is 1. The Morgan fingerprint density at radius 2 is 1.86 bits per heavy atom. The van der Waals surface area contributed by atoms with Crippen LogP contribution in [0.25, 0.3) is 10.4 Å². The van der Waals surface area contributed by atoms with Gasteiger partial charge in [0.15, 0.2) is 0 Å². The SMILES string of the molecule is CC(NC(=O)Nc1ccc(-c2cnc(C3CCCCC3)s2)c(SONC(C)(C)C)c1)c1ccccc1. The van der Waals surface area contributed by atoms with Crippen molar-refractivity contribution < 1.29 is 9.08 Å². The lowest BCUT2D eigenvalue weighted by atomic mass is 9.90. The lowest BCUT2D eigenvalue weighted by Crippen LogP contribution is -2.33. The molecule has 2 amide bonds. The van der Waals surface area contributed by atoms with Crippen molar-refractivity contribution in [2.24, 2.45) is 0 Å². The predicted molar refractivity (Wildman–Crippen MR) is 150 cm³/mol. The average Bonchev–Trinajstić information content (AvgIpc) is 3.34. The number of aromatic nitrogens is 1. The molecule has 6 nitrogen and oxygen atoms in total. The maximum absolute atomic E-state index is 12.7. The van der Waals surface area contributed by atoms with Crippen molar-refractivity contribution in [1.82, 2.24) is 15.8 Å². The molecule has 192 valence electrons. The number of hydrogen-bond acceptors (Lipinski definition) is 6. The molecule has 4 rings (SSSR count). The number of hydroxylamine groups is 1. The Labute approximate surface area is 222 Å². The second kappa shape index (κ2) is 12.2. The normalized spacial score (nSPS) is 15.4. The van der Waals surface area contributed by atoms with Crippen LogP contribution in [0.15, 0.2) is 59.6 Å². The summed E-state index contributed by atoms with van der Waals surface area (Å²) in [6, 6.07) is 15.5. The van der Waals surface area contributed by atoms with Crippen molar-refractivity contribution in [3.63, 3.8) is 0 Å². The first-order valence-corrected chi connectivity index (χ1v) is 14.2. The van der Waals surface area contributed by atoms with Gasteiger partial charge in [0.2, 0.25) is 0 Å². The predicted octanol–water partition coefficient (Wildman–Crippen LogP) is 8.07. The van der Waals surface area contributed by atoms with E-state index in [0.29, 0.717) is 11.6 Å². The summed E-state index contributed by atoms with van der Waals surface area (Å²) < 4.78 is 5.77. The average molecular weight is 525 g/mol. The molecule has 0 bridgehead atoms. The highest BCUT2D eigenvalue weighted by molar-refractivity contribution is 7.94. The van der Waals surface area contributed by atoms with E-state index < -0.39 is 0 Å². The zero-order valence-corrected chi connectivity index (χ0v) is 23.1. The van der Waals surface area contributed by atoms with Gasteiger partial charge in [0.25, 0.3) is 0 Å². The van der Waals surface area contributed by atoms with Crippen LogP contribution in [0.2, 0.25) is 0 Å². The van der Waals surface area contributed by atoms with Crippen LogP contribution in [-0.2, 0) is 4.28 Å². The molecule has 8 heteroatoms. The van der Waals surface area contributed by atoms with Gasteiger partial charge in [-0.1, -0.05) is 55.7 Å². The third-order valence-corrected chi connectivity index (χ3v) is 7.99. The molecular weight excluding hydrogens is 488 g/mol. The van der Waals surface area contributed by atoms with Gasteiger partial charge < -0.3 is 10.6 Å². The fourth-order valence-corrected chi connectivity index (χ4v) is 6.22. The number of hydrogen-bond donors (Lipinski definition) is 3. The summed E-state index contributed by atoms with van der Waals surface area (Å²) >= 11 is 3.03. The standard InChI is InChI=1S/C28H36N4O2S2/c1-19(20-11-7-5-8-12-20)30-27(33)31-22-15-16-23(24(17-22)36-34-32-28(2,3)4)25-18-29-26(35-25)21-13-9-6-10-14-21/h5,7-8,11-12,15-19,21,32H,6,9-10,13-14H2,1-4H3,(H2,30,31,33). The first-order valence-electron chi connectivity index (χ1n) is 12.6. The minimum Gasteiger partial charge on any atom is -0.331 e. The molecule has 36 heavy (non-hydrogen) atoms. The molecule has 1 saturated carbocycles. The summed E-state index contributed by atoms with van der Waals surface area (Å²) in [6.07, 6.45) is 8.35. The minimum absolute atomic E-state index is 0.103. The van der Waals surface area contributed by atoms with Crippen LogP contribution < -0.4 is 16.1 Å². The second-order valence-corrected chi connectivity index (χ2v) is 12.2. The Balaban J connectivity index is 1.50. The van der Waals surface area contributed by atoms with Crippen LogP contribution in [0.5, 0.6) is 0 Å². The topological polar surface area (TPSA) is 75.3 Å². The van der Waals surface area contributed by atoms with E-state index >= 15 is 0 Å². The lowest BCUT2D eigenvalue weighted by Gasteiger charge is -2.20. The molecule has 1 heterocycles. The van der Waals surface area contributed by atoms with E-state index in [-0.39, 0.29) is 17.6 Å². The van der Waals surface area contributed by atoms with E-state index in [1.165, 1.54) is 49.2 Å². The quantitative estimate of drug-likeness (QED) is 0.205. The van der Waals surface area contributed by atoms with Gasteiger partial charge >= 0.3 is 6.03 Å². The van der Waals surface area contributed by atoms with Gasteiger partial charge in [0, 0.05) is 33.8 Å². The van der Waals surface area contributed by atoms with Crippen LogP contribution in [0.3, 0.4) is 0 Å². The van der Waals surface area contributed by atoms with Crippen molar-refractivity contribution in [2.45, 2.75) is 82.2 Å². The zero-order chi connectivity index (χ0) is 25.5. The third kappa shape index (κ3) is 7.56. The zero-order valence-electron chi connectivity index (χ0n) is 21.5. The van der Waals surface area contributed by atoms with Gasteiger partial charge in [-0.05, 0) is 58.2 Å². The highest BCUT2D eigenvalue weighted by atomic mass is 32.2. The molecule has 1 aliphatic rings. The largest absolute Gasteiger partial charge is 0.331 e. The van der Waals surface area contributed by atoms with Gasteiger partial charge in [0.1, 0.15) is 0 Å². The summed E-state index contributed by atoms with van der Waals surface area (Å²) in [4.78, 5) is 19.5. The number of nitrogens with one attached hydrogen (secondary N) is 3. The number of urea groups is 1. The number of carbonyl (C=O) groups excluding carboxylic acids is 1. The lowest BCUT2D eigenvalue weighted by molar-refractivity contribution is 0.149. The summed E-state index contributed by atoms with van der Waals surface area (Å²) in [5.41, 5.74) is 5.69. The maximum Gasteiger partial charge on any atom is 0.319 e. The minimum atomic E-state index is -0.249. The Kier molecular flexibility index (Phi) is 9.06. The molecule has 3 aromatic rings. The van der Waals surface area contributed by atoms with Crippen LogP contribution >= 0.6 is 23.4 Å². The highest BCUT2D eigenvalue weighted by Crippen LogP contribution is 2.41. The molecule has 1 unspecified atom stereocenters. The summed E-state index contributed by atoms with van der Waals surface area (Å²) in [6.45, 7) is 8.11. The molecule has 1 atom stereocenters. The van der Waals surface area contributed by atoms with Gasteiger partial charge in [-0.2, -0.15) is 5.48 Å². The van der Waals surface area contributed by atoms with E-state index in [2.05, 4.69) is 16.1 Å². The van der Waals surface area contributed by atoms with Crippen molar-refractivity contribution in [2.75, 3.05) is 5.32 Å². The fourth-order valence-electron chi connectivity index (χ4n) is 4.20. The molecule has 0 saturated heterocycles. The smallest absolute Gasteiger partial charge is 0.319 e. The molecule has 0 aliphatic heterocycles. The van der Waals surface area contributed by atoms with Crippen molar-refractivity contribution >= 4 is 35.1 Å². The van der Waals surface area contributed by atoms with Crippen LogP contribution in [0.1, 0.15) is 82.3 Å². The highest BCUT2D eigenvalue weighted by Gasteiger charge is 2.21. The first-order chi connectivity index (χ1) is 17.3. The number of anilines is 1. The molecule has 2 aromatic carbocycles. The molecule has 1 aliphatic carbocycles. The number of rotatable bonds is 8. The summed E-state index contributed by atoms with van der Waals surface area (Å²) in [7, 11) is 0. The molecule has 1 aromatic heterocycles. The van der Waals surface area contributed by atoms with E-state index in [1.807, 2.05) is 82.4 Å². The van der Waals surface area contributed by atoms with Crippen LogP contribution in [0.4, 0.5) is 10.5 Å². The van der Waals surface area contributed by atoms with Crippen LogP contribution in [0, 0.1) is 0 Å². The fraction of sp³-hybridized carbons (Fsp3) is 0.429. The van der Waals surface area contributed by atoms with Crippen molar-refractivity contribution in [3.8, 4) is 10.4 Å². The molecular formula is C28H36N4O2S2. The first kappa shape index (κ1) is 26.7. The summed E-state index contributed by atoms with van der Waals surface area (Å²) in [5, 5.41) is 7.21. The number of nitrogens with zero attached hydrogens (tertiary/aromatic N) is 1. The van der Waals surface area contributed by atoms with Gasteiger partial charge in [-0.3, -0.25) is 0 Å². The Morgan fingerprint density at radius 1 is 1.11 bits per heavy atom. The van der Waals surface area contributed by atoms with Crippen molar-refractivity contribution in [3.05, 3.63) is 65.3 Å². The molecule has 0 spiro atoms. The van der Waals surface area contributed by atoms with E-state index in [0.717, 1.165) is 20.9 Å². The van der Waals surface area contributed by atoms with E-state index in [1.54, 1.807) is 11.3 Å². The Hall–Kier alpha value is -2.39. The molecule has 0 radical (unpaired) electrons. The molecule has 1 fully saturated rings. The monoisotopic (exact) mass is 524 g/mol.